The van der Waals surface area contributed by atoms with Crippen molar-refractivity contribution in [3.05, 3.63) is 35.8 Å². The van der Waals surface area contributed by atoms with Gasteiger partial charge in [0.25, 0.3) is 0 Å². The summed E-state index contributed by atoms with van der Waals surface area (Å²) >= 11 is 0. The first-order valence-electron chi connectivity index (χ1n) is 7.02. The van der Waals surface area contributed by atoms with E-state index >= 15 is 0 Å². The number of imidazole rings is 1. The fourth-order valence-electron chi connectivity index (χ4n) is 2.67. The quantitative estimate of drug-likeness (QED) is 0.790. The molecule has 0 amide bonds. The van der Waals surface area contributed by atoms with Gasteiger partial charge in [0.05, 0.1) is 26.0 Å². The molecule has 1 aliphatic heterocycles. The van der Waals surface area contributed by atoms with Gasteiger partial charge in [0.2, 0.25) is 0 Å². The van der Waals surface area contributed by atoms with Crippen molar-refractivity contribution < 1.29 is 14.3 Å². The van der Waals surface area contributed by atoms with Gasteiger partial charge in [-0.2, -0.15) is 0 Å². The van der Waals surface area contributed by atoms with Crippen molar-refractivity contribution in [1.29, 1.82) is 0 Å². The van der Waals surface area contributed by atoms with Gasteiger partial charge < -0.3 is 13.9 Å². The van der Waals surface area contributed by atoms with Crippen molar-refractivity contribution in [1.82, 2.24) is 14.3 Å². The number of morpholine rings is 1. The van der Waals surface area contributed by atoms with Crippen LogP contribution in [0, 0.1) is 6.92 Å². The predicted octanol–water partition coefficient (Wildman–Crippen LogP) is 1.02. The average Bonchev–Trinajstić information content (AvgIpc) is 2.91. The SMILES string of the molecule is COC(=O)C1COCCN1Cc1cn2cccc(C)c2n1. The van der Waals surface area contributed by atoms with Crippen LogP contribution < -0.4 is 0 Å². The number of hydrogen-bond donors (Lipinski definition) is 0. The number of fused-ring (bicyclic) bond motifs is 1. The summed E-state index contributed by atoms with van der Waals surface area (Å²) in [5, 5.41) is 0. The van der Waals surface area contributed by atoms with Gasteiger partial charge in [-0.05, 0) is 18.6 Å². The molecule has 0 saturated carbocycles. The molecule has 0 spiro atoms. The molecule has 0 N–H and O–H groups in total. The number of aryl methyl sites for hydroxylation is 1. The van der Waals surface area contributed by atoms with Crippen molar-refractivity contribution in [2.24, 2.45) is 0 Å². The largest absolute Gasteiger partial charge is 0.468 e. The summed E-state index contributed by atoms with van der Waals surface area (Å²) < 4.78 is 12.2. The summed E-state index contributed by atoms with van der Waals surface area (Å²) in [6, 6.07) is 3.69. The maximum atomic E-state index is 11.8. The van der Waals surface area contributed by atoms with Crippen molar-refractivity contribution in [3.8, 4) is 0 Å². The lowest BCUT2D eigenvalue weighted by atomic mass is 10.2. The lowest BCUT2D eigenvalue weighted by molar-refractivity contribution is -0.153. The van der Waals surface area contributed by atoms with Crippen molar-refractivity contribution in [2.45, 2.75) is 19.5 Å². The van der Waals surface area contributed by atoms with Gasteiger partial charge in [-0.15, -0.1) is 0 Å². The highest BCUT2D eigenvalue weighted by molar-refractivity contribution is 5.75. The zero-order chi connectivity index (χ0) is 14.8. The molecule has 1 atom stereocenters. The first kappa shape index (κ1) is 14.0. The van der Waals surface area contributed by atoms with Crippen LogP contribution in [0.1, 0.15) is 11.3 Å². The van der Waals surface area contributed by atoms with E-state index in [1.807, 2.05) is 35.9 Å². The van der Waals surface area contributed by atoms with Crippen molar-refractivity contribution in [2.75, 3.05) is 26.9 Å². The highest BCUT2D eigenvalue weighted by Crippen LogP contribution is 2.15. The zero-order valence-electron chi connectivity index (χ0n) is 12.3. The Morgan fingerprint density at radius 1 is 1.57 bits per heavy atom. The lowest BCUT2D eigenvalue weighted by Crippen LogP contribution is -2.49. The van der Waals surface area contributed by atoms with Gasteiger partial charge in [0.1, 0.15) is 11.7 Å². The molecule has 1 unspecified atom stereocenters. The number of pyridine rings is 1. The normalized spacial score (nSPS) is 19.8. The van der Waals surface area contributed by atoms with E-state index in [-0.39, 0.29) is 12.0 Å². The summed E-state index contributed by atoms with van der Waals surface area (Å²) in [6.07, 6.45) is 3.99. The first-order valence-corrected chi connectivity index (χ1v) is 7.02. The average molecular weight is 289 g/mol. The molecule has 0 radical (unpaired) electrons. The summed E-state index contributed by atoms with van der Waals surface area (Å²) in [5.74, 6) is -0.255. The first-order chi connectivity index (χ1) is 10.2. The number of hydrogen-bond acceptors (Lipinski definition) is 5. The van der Waals surface area contributed by atoms with Gasteiger partial charge in [0.15, 0.2) is 0 Å². The minimum Gasteiger partial charge on any atom is -0.468 e. The van der Waals surface area contributed by atoms with Gasteiger partial charge >= 0.3 is 5.97 Å². The van der Waals surface area contributed by atoms with E-state index in [4.69, 9.17) is 9.47 Å². The Morgan fingerprint density at radius 2 is 2.43 bits per heavy atom. The number of methoxy groups -OCH3 is 1. The Balaban J connectivity index is 1.82. The molecule has 3 heterocycles. The van der Waals surface area contributed by atoms with Crippen LogP contribution in [0.4, 0.5) is 0 Å². The molecule has 6 heteroatoms. The Labute approximate surface area is 123 Å². The van der Waals surface area contributed by atoms with E-state index < -0.39 is 0 Å². The van der Waals surface area contributed by atoms with Crippen LogP contribution in [0.2, 0.25) is 0 Å². The van der Waals surface area contributed by atoms with Crippen LogP contribution in [0.3, 0.4) is 0 Å². The molecule has 2 aromatic rings. The number of ether oxygens (including phenoxy) is 2. The van der Waals surface area contributed by atoms with Crippen molar-refractivity contribution >= 4 is 11.6 Å². The third kappa shape index (κ3) is 2.77. The second-order valence-electron chi connectivity index (χ2n) is 5.24. The number of aromatic nitrogens is 2. The second-order valence-corrected chi connectivity index (χ2v) is 5.24. The van der Waals surface area contributed by atoms with E-state index in [0.29, 0.717) is 26.3 Å². The third-order valence-electron chi connectivity index (χ3n) is 3.81. The summed E-state index contributed by atoms with van der Waals surface area (Å²) in [4.78, 5) is 18.5. The molecule has 1 aliphatic rings. The highest BCUT2D eigenvalue weighted by atomic mass is 16.5. The van der Waals surface area contributed by atoms with Crippen LogP contribution in [0.5, 0.6) is 0 Å². The standard InChI is InChI=1S/C15H19N3O3/c1-11-4-3-5-18-9-12(16-14(11)18)8-17-6-7-21-10-13(17)15(19)20-2/h3-5,9,13H,6-8,10H2,1-2H3. The molecule has 0 aromatic carbocycles. The van der Waals surface area contributed by atoms with Crippen LogP contribution in [0.25, 0.3) is 5.65 Å². The molecule has 21 heavy (non-hydrogen) atoms. The van der Waals surface area contributed by atoms with Gasteiger partial charge in [-0.25, -0.2) is 4.98 Å². The Bertz CT molecular complexity index is 653. The van der Waals surface area contributed by atoms with Gasteiger partial charge in [-0.1, -0.05) is 6.07 Å². The van der Waals surface area contributed by atoms with E-state index in [1.54, 1.807) is 0 Å². The van der Waals surface area contributed by atoms with E-state index in [0.717, 1.165) is 16.9 Å². The fraction of sp³-hybridized carbons (Fsp3) is 0.467. The fourth-order valence-corrected chi connectivity index (χ4v) is 2.67. The Hall–Kier alpha value is -1.92. The number of nitrogens with zero attached hydrogens (tertiary/aromatic N) is 3. The minimum atomic E-state index is -0.352. The van der Waals surface area contributed by atoms with Crippen LogP contribution in [-0.2, 0) is 20.8 Å². The molecule has 6 nitrogen and oxygen atoms in total. The van der Waals surface area contributed by atoms with Gasteiger partial charge in [0, 0.05) is 25.5 Å². The third-order valence-corrected chi connectivity index (χ3v) is 3.81. The Kier molecular flexibility index (Phi) is 3.90. The van der Waals surface area contributed by atoms with Crippen LogP contribution >= 0.6 is 0 Å². The monoisotopic (exact) mass is 289 g/mol. The smallest absolute Gasteiger partial charge is 0.325 e. The lowest BCUT2D eigenvalue weighted by Gasteiger charge is -2.32. The molecule has 2 aromatic heterocycles. The maximum Gasteiger partial charge on any atom is 0.325 e. The maximum absolute atomic E-state index is 11.8. The number of rotatable bonds is 3. The molecule has 1 saturated heterocycles. The summed E-state index contributed by atoms with van der Waals surface area (Å²) in [5.41, 5.74) is 3.03. The van der Waals surface area contributed by atoms with Gasteiger partial charge in [-0.3, -0.25) is 9.69 Å². The molecule has 1 fully saturated rings. The summed E-state index contributed by atoms with van der Waals surface area (Å²) in [7, 11) is 1.41. The van der Waals surface area contributed by atoms with Crippen LogP contribution in [-0.4, -0.2) is 53.2 Å². The predicted molar refractivity (Wildman–Crippen MR) is 77.0 cm³/mol. The minimum absolute atomic E-state index is 0.255. The topological polar surface area (TPSA) is 56.1 Å². The highest BCUT2D eigenvalue weighted by Gasteiger charge is 2.30. The number of carbonyl (C=O) groups is 1. The van der Waals surface area contributed by atoms with E-state index in [9.17, 15) is 4.79 Å². The molecule has 0 bridgehead atoms. The number of esters is 1. The molecular weight excluding hydrogens is 270 g/mol. The van der Waals surface area contributed by atoms with E-state index in [2.05, 4.69) is 9.88 Å². The molecule has 3 rings (SSSR count). The Morgan fingerprint density at radius 3 is 3.19 bits per heavy atom. The number of carbonyl (C=O) groups excluding carboxylic acids is 1. The zero-order valence-corrected chi connectivity index (χ0v) is 12.3. The molecule has 112 valence electrons. The van der Waals surface area contributed by atoms with E-state index in [1.165, 1.54) is 7.11 Å². The molecular formula is C15H19N3O3. The molecule has 0 aliphatic carbocycles. The summed E-state index contributed by atoms with van der Waals surface area (Å²) in [6.45, 7) is 4.36. The second kappa shape index (κ2) is 5.83. The van der Waals surface area contributed by atoms with Crippen molar-refractivity contribution in [3.63, 3.8) is 0 Å². The van der Waals surface area contributed by atoms with Crippen LogP contribution in [0.15, 0.2) is 24.5 Å².